The van der Waals surface area contributed by atoms with Gasteiger partial charge in [0, 0.05) is 6.42 Å². The molecular formula is C15H18O4. The zero-order valence-corrected chi connectivity index (χ0v) is 10.9. The molecule has 1 aliphatic rings. The maximum Gasteiger partial charge on any atom is 0.336 e. The first kappa shape index (κ1) is 13.8. The van der Waals surface area contributed by atoms with Crippen molar-refractivity contribution in [2.45, 2.75) is 31.7 Å². The molecule has 0 saturated carbocycles. The van der Waals surface area contributed by atoms with E-state index in [-0.39, 0.29) is 5.97 Å². The molecule has 1 aromatic carbocycles. The van der Waals surface area contributed by atoms with Gasteiger partial charge in [0.25, 0.3) is 0 Å². The van der Waals surface area contributed by atoms with Crippen LogP contribution in [0, 0.1) is 0 Å². The molecule has 2 rings (SSSR count). The molecule has 1 aromatic rings. The van der Waals surface area contributed by atoms with Gasteiger partial charge in [-0.25, -0.2) is 4.79 Å². The van der Waals surface area contributed by atoms with Gasteiger partial charge >= 0.3 is 5.97 Å². The molecule has 0 heterocycles. The SMILES string of the molecule is COC(=O)C1=CC[C@H](O)C[C@H]1OCc1ccccc1. The monoisotopic (exact) mass is 262 g/mol. The number of benzene rings is 1. The molecule has 0 unspecified atom stereocenters. The molecule has 4 nitrogen and oxygen atoms in total. The van der Waals surface area contributed by atoms with E-state index in [1.54, 1.807) is 6.08 Å². The van der Waals surface area contributed by atoms with Crippen LogP contribution in [0.5, 0.6) is 0 Å². The highest BCUT2D eigenvalue weighted by molar-refractivity contribution is 5.89. The summed E-state index contributed by atoms with van der Waals surface area (Å²) in [6, 6.07) is 9.73. The molecule has 0 aliphatic heterocycles. The van der Waals surface area contributed by atoms with Gasteiger partial charge in [0.1, 0.15) is 0 Å². The quantitative estimate of drug-likeness (QED) is 0.841. The zero-order valence-electron chi connectivity index (χ0n) is 10.9. The van der Waals surface area contributed by atoms with Crippen molar-refractivity contribution in [3.63, 3.8) is 0 Å². The molecule has 1 aliphatic carbocycles. The third kappa shape index (κ3) is 3.66. The van der Waals surface area contributed by atoms with Gasteiger partial charge in [-0.3, -0.25) is 0 Å². The minimum atomic E-state index is -0.464. The van der Waals surface area contributed by atoms with Crippen LogP contribution in [0.25, 0.3) is 0 Å². The van der Waals surface area contributed by atoms with Gasteiger partial charge in [-0.1, -0.05) is 36.4 Å². The number of rotatable bonds is 4. The highest BCUT2D eigenvalue weighted by atomic mass is 16.5. The van der Waals surface area contributed by atoms with Gasteiger partial charge in [0.05, 0.1) is 31.5 Å². The smallest absolute Gasteiger partial charge is 0.336 e. The Morgan fingerprint density at radius 1 is 1.37 bits per heavy atom. The summed E-state index contributed by atoms with van der Waals surface area (Å²) in [6.07, 6.45) is 1.73. The first-order valence-electron chi connectivity index (χ1n) is 6.32. The fourth-order valence-corrected chi connectivity index (χ4v) is 2.13. The summed E-state index contributed by atoms with van der Waals surface area (Å²) in [5, 5.41) is 9.67. The van der Waals surface area contributed by atoms with Crippen molar-refractivity contribution in [2.75, 3.05) is 7.11 Å². The van der Waals surface area contributed by atoms with E-state index < -0.39 is 12.2 Å². The number of carbonyl (C=O) groups is 1. The topological polar surface area (TPSA) is 55.8 Å². The Labute approximate surface area is 112 Å². The second-order valence-electron chi connectivity index (χ2n) is 4.56. The number of aliphatic hydroxyl groups excluding tert-OH is 1. The van der Waals surface area contributed by atoms with E-state index >= 15 is 0 Å². The first-order valence-corrected chi connectivity index (χ1v) is 6.32. The Morgan fingerprint density at radius 3 is 2.79 bits per heavy atom. The van der Waals surface area contributed by atoms with Crippen LogP contribution in [0.1, 0.15) is 18.4 Å². The summed E-state index contributed by atoms with van der Waals surface area (Å²) in [4.78, 5) is 11.6. The van der Waals surface area contributed by atoms with Gasteiger partial charge in [0.2, 0.25) is 0 Å². The van der Waals surface area contributed by atoms with E-state index in [1.807, 2.05) is 30.3 Å². The molecular weight excluding hydrogens is 244 g/mol. The molecule has 0 bridgehead atoms. The average molecular weight is 262 g/mol. The van der Waals surface area contributed by atoms with E-state index in [9.17, 15) is 9.90 Å². The normalized spacial score (nSPS) is 22.7. The minimum absolute atomic E-state index is 0.384. The summed E-state index contributed by atoms with van der Waals surface area (Å²) in [5.41, 5.74) is 1.54. The standard InChI is InChI=1S/C15H18O4/c1-18-15(17)13-8-7-12(16)9-14(13)19-10-11-5-3-2-4-6-11/h2-6,8,12,14,16H,7,9-10H2,1H3/t12-,14+/m0/s1. The molecule has 0 fully saturated rings. The fraction of sp³-hybridized carbons (Fsp3) is 0.400. The van der Waals surface area contributed by atoms with Crippen LogP contribution in [0.4, 0.5) is 0 Å². The highest BCUT2D eigenvalue weighted by Crippen LogP contribution is 2.24. The number of hydrogen-bond donors (Lipinski definition) is 1. The maximum atomic E-state index is 11.6. The summed E-state index contributed by atoms with van der Waals surface area (Å²) in [5.74, 6) is -0.384. The number of esters is 1. The van der Waals surface area contributed by atoms with Crippen LogP contribution >= 0.6 is 0 Å². The predicted molar refractivity (Wildman–Crippen MR) is 70.4 cm³/mol. The van der Waals surface area contributed by atoms with E-state index in [0.29, 0.717) is 25.0 Å². The van der Waals surface area contributed by atoms with Crippen molar-refractivity contribution in [1.29, 1.82) is 0 Å². The molecule has 0 radical (unpaired) electrons. The molecule has 102 valence electrons. The van der Waals surface area contributed by atoms with Crippen molar-refractivity contribution < 1.29 is 19.4 Å². The molecule has 4 heteroatoms. The molecule has 0 amide bonds. The maximum absolute atomic E-state index is 11.6. The van der Waals surface area contributed by atoms with E-state index in [4.69, 9.17) is 9.47 Å². The van der Waals surface area contributed by atoms with Gasteiger partial charge in [-0.05, 0) is 12.0 Å². The largest absolute Gasteiger partial charge is 0.466 e. The fourth-order valence-electron chi connectivity index (χ4n) is 2.13. The molecule has 2 atom stereocenters. The number of aliphatic hydroxyl groups is 1. The zero-order chi connectivity index (χ0) is 13.7. The lowest BCUT2D eigenvalue weighted by atomic mass is 9.94. The van der Waals surface area contributed by atoms with Crippen LogP contribution in [0.2, 0.25) is 0 Å². The number of methoxy groups -OCH3 is 1. The Kier molecular flexibility index (Phi) is 4.71. The van der Waals surface area contributed by atoms with Crippen molar-refractivity contribution in [2.24, 2.45) is 0 Å². The van der Waals surface area contributed by atoms with Crippen molar-refractivity contribution in [1.82, 2.24) is 0 Å². The van der Waals surface area contributed by atoms with E-state index in [1.165, 1.54) is 7.11 Å². The lowest BCUT2D eigenvalue weighted by Crippen LogP contribution is -2.30. The number of hydrogen-bond acceptors (Lipinski definition) is 4. The predicted octanol–water partition coefficient (Wildman–Crippen LogP) is 1.83. The average Bonchev–Trinajstić information content (AvgIpc) is 2.45. The highest BCUT2D eigenvalue weighted by Gasteiger charge is 2.28. The molecule has 0 spiro atoms. The van der Waals surface area contributed by atoms with E-state index in [2.05, 4.69) is 0 Å². The van der Waals surface area contributed by atoms with Crippen molar-refractivity contribution >= 4 is 5.97 Å². The number of carbonyl (C=O) groups excluding carboxylic acids is 1. The molecule has 0 aromatic heterocycles. The van der Waals surface area contributed by atoms with Crippen molar-refractivity contribution in [3.05, 3.63) is 47.5 Å². The summed E-state index contributed by atoms with van der Waals surface area (Å²) in [6.45, 7) is 0.409. The Hall–Kier alpha value is -1.65. The molecule has 0 saturated heterocycles. The van der Waals surface area contributed by atoms with E-state index in [0.717, 1.165) is 5.56 Å². The Morgan fingerprint density at radius 2 is 2.11 bits per heavy atom. The lowest BCUT2D eigenvalue weighted by Gasteiger charge is -2.26. The lowest BCUT2D eigenvalue weighted by molar-refractivity contribution is -0.138. The second kappa shape index (κ2) is 6.50. The van der Waals surface area contributed by atoms with Crippen LogP contribution in [0.3, 0.4) is 0 Å². The van der Waals surface area contributed by atoms with Gasteiger partial charge in [-0.2, -0.15) is 0 Å². The van der Waals surface area contributed by atoms with Crippen LogP contribution < -0.4 is 0 Å². The number of ether oxygens (including phenoxy) is 2. The summed E-state index contributed by atoms with van der Waals surface area (Å²) < 4.78 is 10.5. The van der Waals surface area contributed by atoms with Crippen LogP contribution in [-0.4, -0.2) is 30.4 Å². The van der Waals surface area contributed by atoms with Crippen molar-refractivity contribution in [3.8, 4) is 0 Å². The summed E-state index contributed by atoms with van der Waals surface area (Å²) >= 11 is 0. The van der Waals surface area contributed by atoms with Crippen LogP contribution in [-0.2, 0) is 20.9 Å². The molecule has 19 heavy (non-hydrogen) atoms. The Bertz CT molecular complexity index is 452. The Balaban J connectivity index is 2.02. The molecule has 1 N–H and O–H groups in total. The van der Waals surface area contributed by atoms with Crippen LogP contribution in [0.15, 0.2) is 42.0 Å². The minimum Gasteiger partial charge on any atom is -0.466 e. The third-order valence-electron chi connectivity index (χ3n) is 3.16. The van der Waals surface area contributed by atoms with Gasteiger partial charge in [0.15, 0.2) is 0 Å². The summed E-state index contributed by atoms with van der Waals surface area (Å²) in [7, 11) is 1.35. The van der Waals surface area contributed by atoms with Gasteiger partial charge in [-0.15, -0.1) is 0 Å². The first-order chi connectivity index (χ1) is 9.20. The second-order valence-corrected chi connectivity index (χ2v) is 4.56. The third-order valence-corrected chi connectivity index (χ3v) is 3.16. The van der Waals surface area contributed by atoms with Gasteiger partial charge < -0.3 is 14.6 Å².